The Bertz CT molecular complexity index is 2180. The minimum absolute atomic E-state index is 0.0731. The molecule has 0 bridgehead atoms. The molecule has 0 saturated carbocycles. The Labute approximate surface area is 323 Å². The third-order valence-corrected chi connectivity index (χ3v) is 10.1. The van der Waals surface area contributed by atoms with E-state index in [1.165, 1.54) is 11.8 Å². The number of amides is 2. The highest BCUT2D eigenvalue weighted by atomic mass is 125. The van der Waals surface area contributed by atoms with E-state index in [2.05, 4.69) is 36.1 Å². The van der Waals surface area contributed by atoms with Crippen LogP contribution in [0, 0.1) is 3.57 Å². The molecule has 3 heterocycles. The van der Waals surface area contributed by atoms with Crippen LogP contribution in [0.3, 0.4) is 0 Å². The number of halogens is 1. The first-order valence-electron chi connectivity index (χ1n) is 16.8. The second-order valence-corrected chi connectivity index (χ2v) is 14.0. The van der Waals surface area contributed by atoms with Gasteiger partial charge in [-0.05, 0) is 83.1 Å². The molecule has 2 amide bonds. The number of hydrogen-bond donors (Lipinski definition) is 5. The predicted octanol–water partition coefficient (Wildman–Crippen LogP) is 5.18. The first kappa shape index (κ1) is 37.3. The zero-order valence-corrected chi connectivity index (χ0v) is 31.6. The number of para-hydroxylation sites is 2. The fourth-order valence-corrected chi connectivity index (χ4v) is 7.07. The summed E-state index contributed by atoms with van der Waals surface area (Å²) >= 11 is 3.19. The number of aromatic hydroxyl groups is 1. The second-order valence-electron chi connectivity index (χ2n) is 11.9. The maximum atomic E-state index is 14.0. The van der Waals surface area contributed by atoms with Gasteiger partial charge in [0, 0.05) is 53.7 Å². The number of nitrogens with one attached hydrogen (secondary N) is 4. The average Bonchev–Trinajstić information content (AvgIpc) is 3.78. The number of ether oxygens (including phenoxy) is 1. The van der Waals surface area contributed by atoms with Crippen molar-refractivity contribution in [1.82, 2.24) is 35.4 Å². The number of aromatic nitrogens is 5. The van der Waals surface area contributed by atoms with Crippen molar-refractivity contribution in [1.29, 1.82) is 0 Å². The number of phenols is 1. The van der Waals surface area contributed by atoms with Crippen molar-refractivity contribution in [3.8, 4) is 11.4 Å². The van der Waals surface area contributed by atoms with Crippen LogP contribution in [-0.4, -0.2) is 72.1 Å². The minimum Gasteiger partial charge on any atom is -0.507 e. The average molecular weight is 843 g/mol. The van der Waals surface area contributed by atoms with Gasteiger partial charge < -0.3 is 30.8 Å². The maximum Gasteiger partial charge on any atom is 0.328 e. The predicted molar refractivity (Wildman–Crippen MR) is 211 cm³/mol. The van der Waals surface area contributed by atoms with E-state index in [1.807, 2.05) is 100 Å². The van der Waals surface area contributed by atoms with Crippen LogP contribution in [0.15, 0.2) is 109 Å². The van der Waals surface area contributed by atoms with Crippen molar-refractivity contribution in [2.75, 3.05) is 17.7 Å². The van der Waals surface area contributed by atoms with E-state index in [0.29, 0.717) is 26.7 Å². The largest absolute Gasteiger partial charge is 0.507 e. The van der Waals surface area contributed by atoms with E-state index in [-0.39, 0.29) is 31.0 Å². The molecule has 272 valence electrons. The van der Waals surface area contributed by atoms with Gasteiger partial charge in [0.1, 0.15) is 17.8 Å². The van der Waals surface area contributed by atoms with Crippen molar-refractivity contribution in [3.63, 3.8) is 0 Å². The molecular weight excluding hydrogens is 805 g/mol. The quantitative estimate of drug-likeness (QED) is 0.0497. The number of rotatable bonds is 16. The highest BCUT2D eigenvalue weighted by Gasteiger charge is 2.29. The number of benzene rings is 3. The summed E-state index contributed by atoms with van der Waals surface area (Å²) in [5, 5.41) is 29.4. The Balaban J connectivity index is 1.20. The number of aromatic amines is 1. The number of carbonyl (C=O) groups is 3. The molecule has 53 heavy (non-hydrogen) atoms. The molecule has 6 aromatic rings. The first-order valence-corrected chi connectivity index (χ1v) is 18.9. The highest BCUT2D eigenvalue weighted by molar-refractivity contribution is 14.1. The maximum absolute atomic E-state index is 14.0. The van der Waals surface area contributed by atoms with Gasteiger partial charge in [0.2, 0.25) is 11.8 Å². The normalized spacial score (nSPS) is 12.2. The molecule has 0 fully saturated rings. The van der Waals surface area contributed by atoms with E-state index < -0.39 is 29.9 Å². The van der Waals surface area contributed by atoms with Gasteiger partial charge in [-0.1, -0.05) is 54.2 Å². The number of H-pyrrole nitrogens is 1. The molecule has 0 saturated heterocycles. The number of pyridine rings is 1. The van der Waals surface area contributed by atoms with Gasteiger partial charge >= 0.3 is 5.97 Å². The number of esters is 1. The molecule has 13 nitrogen and oxygen atoms in total. The summed E-state index contributed by atoms with van der Waals surface area (Å²) in [5.74, 6) is -0.894. The minimum atomic E-state index is -1.06. The van der Waals surface area contributed by atoms with Gasteiger partial charge in [-0.2, -0.15) is 0 Å². The van der Waals surface area contributed by atoms with Crippen LogP contribution < -0.4 is 16.0 Å². The molecule has 5 N–H and O–H groups in total. The third-order valence-electron chi connectivity index (χ3n) is 8.27. The Morgan fingerprint density at radius 3 is 2.49 bits per heavy atom. The monoisotopic (exact) mass is 842 g/mol. The Morgan fingerprint density at radius 1 is 0.943 bits per heavy atom. The summed E-state index contributed by atoms with van der Waals surface area (Å²) in [6, 6.07) is 23.9. The number of thioether (sulfide) groups is 1. The van der Waals surface area contributed by atoms with E-state index >= 15 is 0 Å². The summed E-state index contributed by atoms with van der Waals surface area (Å²) in [4.78, 5) is 48.1. The number of fused-ring (bicyclic) bond motifs is 1. The smallest absolute Gasteiger partial charge is 0.328 e. The number of anilines is 1. The van der Waals surface area contributed by atoms with Crippen LogP contribution in [0.2, 0.25) is 0 Å². The molecule has 3 aromatic carbocycles. The lowest BCUT2D eigenvalue weighted by Gasteiger charge is -2.23. The van der Waals surface area contributed by atoms with Crippen molar-refractivity contribution in [2.24, 2.45) is 0 Å². The SMILES string of the molecule is CCOC(=O)[C@H](Cc1c[nH]c2ccccc12)NC(=O)[C@H](Cc1ccc(O)c([125I])c1)NC(=O)CSc1nnc(CNc2ccncc2)n1-c1ccccc1. The topological polar surface area (TPSA) is 176 Å². The van der Waals surface area contributed by atoms with Gasteiger partial charge in [0.05, 0.1) is 22.5 Å². The zero-order chi connectivity index (χ0) is 37.2. The van der Waals surface area contributed by atoms with Crippen LogP contribution in [0.5, 0.6) is 5.75 Å². The van der Waals surface area contributed by atoms with Crippen LogP contribution in [0.25, 0.3) is 16.6 Å². The van der Waals surface area contributed by atoms with E-state index in [4.69, 9.17) is 4.74 Å². The lowest BCUT2D eigenvalue weighted by molar-refractivity contribution is -0.147. The lowest BCUT2D eigenvalue weighted by Crippen LogP contribution is -2.53. The van der Waals surface area contributed by atoms with Crippen LogP contribution in [0.4, 0.5) is 5.69 Å². The Hall–Kier alpha value is -5.42. The van der Waals surface area contributed by atoms with E-state index in [9.17, 15) is 19.5 Å². The van der Waals surface area contributed by atoms with Gasteiger partial charge in [0.15, 0.2) is 11.0 Å². The second kappa shape index (κ2) is 17.9. The van der Waals surface area contributed by atoms with Gasteiger partial charge in [-0.3, -0.25) is 19.1 Å². The van der Waals surface area contributed by atoms with Crippen LogP contribution in [0.1, 0.15) is 23.9 Å². The molecule has 6 rings (SSSR count). The summed E-state index contributed by atoms with van der Waals surface area (Å²) < 4.78 is 7.82. The molecule has 0 aliphatic heterocycles. The van der Waals surface area contributed by atoms with Gasteiger partial charge in [-0.25, -0.2) is 4.79 Å². The molecule has 2 atom stereocenters. The molecule has 0 unspecified atom stereocenters. The van der Waals surface area contributed by atoms with Crippen LogP contribution >= 0.6 is 34.4 Å². The molecule has 0 aliphatic rings. The molecule has 15 heteroatoms. The molecular formula is C38H37IN8O5S. The molecule has 0 spiro atoms. The first-order chi connectivity index (χ1) is 25.8. The van der Waals surface area contributed by atoms with Crippen molar-refractivity contribution < 1.29 is 24.2 Å². The zero-order valence-electron chi connectivity index (χ0n) is 28.7. The summed E-state index contributed by atoms with van der Waals surface area (Å²) in [5.41, 5.74) is 4.14. The van der Waals surface area contributed by atoms with E-state index in [0.717, 1.165) is 27.8 Å². The fourth-order valence-electron chi connectivity index (χ4n) is 5.71. The van der Waals surface area contributed by atoms with Crippen molar-refractivity contribution in [2.45, 2.75) is 43.6 Å². The highest BCUT2D eigenvalue weighted by Crippen LogP contribution is 2.24. The number of carbonyl (C=O) groups excluding carboxylic acids is 3. The van der Waals surface area contributed by atoms with E-state index in [1.54, 1.807) is 37.5 Å². The summed E-state index contributed by atoms with van der Waals surface area (Å²) in [7, 11) is 0. The van der Waals surface area contributed by atoms with Crippen molar-refractivity contribution >= 4 is 68.7 Å². The third kappa shape index (κ3) is 9.72. The van der Waals surface area contributed by atoms with Gasteiger partial charge in [-0.15, -0.1) is 10.2 Å². The lowest BCUT2D eigenvalue weighted by atomic mass is 10.0. The standard InChI is InChI=1S/C38H37IN8O5S/c1-2-52-37(51)32(20-25-21-42-30-11-7-6-10-28(25)30)44-36(50)31(19-24-12-13-33(48)29(39)18-24)43-35(49)23-53-38-46-45-34(22-41-26-14-16-40-17-15-26)47(38)27-8-4-3-5-9-27/h3-18,21,31-32,42,48H,2,19-20,22-23H2,1H3,(H,40,41)(H,43,49)(H,44,50)/t31-,32-/m0/s1/i39-2. The van der Waals surface area contributed by atoms with Crippen LogP contribution in [-0.2, 0) is 38.5 Å². The number of phenolic OH excluding ortho intramolecular Hbond substituents is 1. The number of nitrogens with zero attached hydrogens (tertiary/aromatic N) is 4. The van der Waals surface area contributed by atoms with Gasteiger partial charge in [0.25, 0.3) is 0 Å². The summed E-state index contributed by atoms with van der Waals surface area (Å²) in [6.07, 6.45) is 5.48. The molecule has 3 aromatic heterocycles. The summed E-state index contributed by atoms with van der Waals surface area (Å²) in [6.45, 7) is 2.21. The fraction of sp³-hybridized carbons (Fsp3) is 0.211. The molecule has 0 aliphatic carbocycles. The van der Waals surface area contributed by atoms with Crippen molar-refractivity contribution in [3.05, 3.63) is 124 Å². The number of hydrogen-bond acceptors (Lipinski definition) is 10. The Kier molecular flexibility index (Phi) is 12.6. The molecule has 0 radical (unpaired) electrons. The Morgan fingerprint density at radius 2 is 1.72 bits per heavy atom.